The van der Waals surface area contributed by atoms with Gasteiger partial charge in [-0.25, -0.2) is 4.98 Å². The van der Waals surface area contributed by atoms with E-state index in [0.717, 1.165) is 66.6 Å². The molecular weight excluding hydrogens is 865 g/mol. The standard InChI is InChI=1S/C66H42N4O/c1-3-19-44(20-4-1)49-32-18-33-50(45-21-5-2-6-22-45)66(49)69-43-68(62-35-15-16-36-63(62)69)46-23-17-24-47(39-46)71-48-37-38-58-57-31-13-14-34-61(57)70(64(58)40-48)65-41-59-55-29-11-9-27-53(55)51-25-7-8-26-52(51)54-28-10-12-30-56(54)60(59)42-67-65/h1-42H/i1D,2D,3D,4D,5D,6D,19D,20D,21D,22D. The normalized spacial score (nSPS) is 13.6. The zero-order valence-electron chi connectivity index (χ0n) is 47.7. The van der Waals surface area contributed by atoms with Crippen LogP contribution in [0.2, 0.25) is 0 Å². The Hall–Kier alpha value is -9.58. The summed E-state index contributed by atoms with van der Waals surface area (Å²) in [5, 5.41) is 2.07. The van der Waals surface area contributed by atoms with Crippen LogP contribution in [0.15, 0.2) is 255 Å². The number of benzene rings is 10. The van der Waals surface area contributed by atoms with Crippen LogP contribution in [0.3, 0.4) is 0 Å². The molecule has 0 N–H and O–H groups in total. The van der Waals surface area contributed by atoms with Gasteiger partial charge in [0.2, 0.25) is 0 Å². The predicted molar refractivity (Wildman–Crippen MR) is 288 cm³/mol. The fraction of sp³-hybridized carbons (Fsp3) is 0. The van der Waals surface area contributed by atoms with Crippen LogP contribution >= 0.6 is 0 Å². The van der Waals surface area contributed by atoms with Crippen molar-refractivity contribution in [3.63, 3.8) is 0 Å². The highest BCUT2D eigenvalue weighted by atomic mass is 16.5. The number of imidazole rings is 1. The number of aromatic nitrogens is 4. The molecule has 13 aromatic rings. The van der Waals surface area contributed by atoms with Crippen LogP contribution in [-0.2, 0) is 0 Å². The lowest BCUT2D eigenvalue weighted by Gasteiger charge is -2.23. The van der Waals surface area contributed by atoms with E-state index in [0.29, 0.717) is 28.2 Å². The highest BCUT2D eigenvalue weighted by Gasteiger charge is 2.24. The van der Waals surface area contributed by atoms with Gasteiger partial charge < -0.3 is 4.74 Å². The predicted octanol–water partition coefficient (Wildman–Crippen LogP) is 16.3. The van der Waals surface area contributed by atoms with E-state index in [1.165, 1.54) is 5.56 Å². The lowest BCUT2D eigenvalue weighted by molar-refractivity contribution is -0.571. The zero-order chi connectivity index (χ0) is 55.5. The summed E-state index contributed by atoms with van der Waals surface area (Å²) in [4.78, 5) is 5.26. The smallest absolute Gasteiger partial charge is 0.269 e. The van der Waals surface area contributed by atoms with Crippen molar-refractivity contribution < 1.29 is 23.0 Å². The fourth-order valence-corrected chi connectivity index (χ4v) is 10.3. The summed E-state index contributed by atoms with van der Waals surface area (Å²) < 4.78 is 100.0. The first-order valence-corrected chi connectivity index (χ1v) is 23.2. The quantitative estimate of drug-likeness (QED) is 0.118. The highest BCUT2D eigenvalue weighted by molar-refractivity contribution is 6.10. The van der Waals surface area contributed by atoms with Gasteiger partial charge >= 0.3 is 0 Å². The van der Waals surface area contributed by atoms with Crippen LogP contribution in [0.1, 0.15) is 13.7 Å². The van der Waals surface area contributed by atoms with Crippen LogP contribution in [0.4, 0.5) is 0 Å². The summed E-state index contributed by atoms with van der Waals surface area (Å²) in [7, 11) is 0. The Kier molecular flexibility index (Phi) is 7.35. The molecule has 3 aromatic heterocycles. The van der Waals surface area contributed by atoms with E-state index in [9.17, 15) is 0 Å². The van der Waals surface area contributed by atoms with Crippen molar-refractivity contribution >= 4 is 32.8 Å². The molecule has 0 unspecified atom stereocenters. The first kappa shape index (κ1) is 31.5. The maximum absolute atomic E-state index is 9.07. The number of hydrogen-bond acceptors (Lipinski definition) is 2. The van der Waals surface area contributed by atoms with Crippen molar-refractivity contribution in [3.8, 4) is 95.5 Å². The molecule has 5 heteroatoms. The second-order valence-corrected chi connectivity index (χ2v) is 17.3. The number of hydrogen-bond donors (Lipinski definition) is 0. The van der Waals surface area contributed by atoms with E-state index in [4.69, 9.17) is 23.4 Å². The van der Waals surface area contributed by atoms with Gasteiger partial charge in [0.25, 0.3) is 6.33 Å². The molecule has 14 rings (SSSR count). The lowest BCUT2D eigenvalue weighted by atomic mass is 9.81. The van der Waals surface area contributed by atoms with Crippen LogP contribution in [0.25, 0.3) is 117 Å². The average Bonchev–Trinajstić information content (AvgIpc) is 4.13. The molecule has 0 bridgehead atoms. The van der Waals surface area contributed by atoms with Gasteiger partial charge in [-0.2, -0.15) is 0 Å². The molecular formula is C66H42N4O. The first-order chi connectivity index (χ1) is 39.4. The number of ether oxygens (including phenoxy) is 1. The maximum Gasteiger partial charge on any atom is 0.269 e. The van der Waals surface area contributed by atoms with E-state index >= 15 is 0 Å². The van der Waals surface area contributed by atoms with Gasteiger partial charge in [-0.3, -0.25) is 13.7 Å². The van der Waals surface area contributed by atoms with Crippen molar-refractivity contribution in [1.29, 1.82) is 0 Å². The third kappa shape index (κ3) is 6.70. The van der Waals surface area contributed by atoms with Gasteiger partial charge in [0.15, 0.2) is 0 Å². The Labute approximate surface area is 425 Å². The van der Waals surface area contributed by atoms with Crippen LogP contribution in [-0.4, -0.2) is 14.1 Å². The summed E-state index contributed by atoms with van der Waals surface area (Å²) in [6.07, 6.45) is 5.46. The molecule has 5 nitrogen and oxygen atoms in total. The molecule has 0 amide bonds. The summed E-state index contributed by atoms with van der Waals surface area (Å²) in [6.45, 7) is 0. The van der Waals surface area contributed by atoms with Gasteiger partial charge in [0.05, 0.1) is 47.1 Å². The summed E-state index contributed by atoms with van der Waals surface area (Å²) in [5.41, 5.74) is 12.8. The number of nitrogens with zero attached hydrogens (tertiary/aromatic N) is 4. The van der Waals surface area contributed by atoms with Gasteiger partial charge in [-0.15, -0.1) is 0 Å². The van der Waals surface area contributed by atoms with Crippen LogP contribution in [0.5, 0.6) is 11.5 Å². The molecule has 0 saturated heterocycles. The molecule has 0 fully saturated rings. The van der Waals surface area contributed by atoms with E-state index in [1.54, 1.807) is 27.3 Å². The molecule has 0 saturated carbocycles. The lowest BCUT2D eigenvalue weighted by Crippen LogP contribution is -2.31. The van der Waals surface area contributed by atoms with Crippen LogP contribution < -0.4 is 9.30 Å². The Morgan fingerprint density at radius 2 is 0.944 bits per heavy atom. The number of rotatable bonds is 7. The summed E-state index contributed by atoms with van der Waals surface area (Å²) in [5.74, 6) is 1.81. The topological polar surface area (TPSA) is 35.9 Å². The second-order valence-electron chi connectivity index (χ2n) is 17.3. The summed E-state index contributed by atoms with van der Waals surface area (Å²) in [6, 6.07) is 56.6. The Bertz CT molecular complexity index is 4680. The van der Waals surface area contributed by atoms with Crippen molar-refractivity contribution in [3.05, 3.63) is 261 Å². The Balaban J connectivity index is 0.908. The molecule has 1 aliphatic rings. The molecule has 10 aromatic carbocycles. The summed E-state index contributed by atoms with van der Waals surface area (Å²) >= 11 is 0. The van der Waals surface area contributed by atoms with E-state index in [2.05, 4.69) is 108 Å². The minimum absolute atomic E-state index is 0.134. The fourth-order valence-electron chi connectivity index (χ4n) is 10.3. The van der Waals surface area contributed by atoms with E-state index in [-0.39, 0.29) is 27.9 Å². The number of pyridine rings is 1. The van der Waals surface area contributed by atoms with Crippen molar-refractivity contribution in [2.45, 2.75) is 0 Å². The van der Waals surface area contributed by atoms with Gasteiger partial charge in [-0.1, -0.05) is 200 Å². The Morgan fingerprint density at radius 3 is 1.61 bits per heavy atom. The minimum Gasteiger partial charge on any atom is -0.458 e. The van der Waals surface area contributed by atoms with Gasteiger partial charge in [-0.05, 0) is 104 Å². The zero-order valence-corrected chi connectivity index (χ0v) is 37.7. The molecule has 0 atom stereocenters. The first-order valence-electron chi connectivity index (χ1n) is 28.2. The highest BCUT2D eigenvalue weighted by Crippen LogP contribution is 2.48. The van der Waals surface area contributed by atoms with Crippen molar-refractivity contribution in [1.82, 2.24) is 14.1 Å². The Morgan fingerprint density at radius 1 is 0.423 bits per heavy atom. The van der Waals surface area contributed by atoms with Gasteiger partial charge in [0.1, 0.15) is 17.3 Å². The molecule has 0 spiro atoms. The van der Waals surface area contributed by atoms with Crippen molar-refractivity contribution in [2.24, 2.45) is 0 Å². The monoisotopic (exact) mass is 916 g/mol. The second kappa shape index (κ2) is 16.6. The third-order valence-electron chi connectivity index (χ3n) is 13.4. The largest absolute Gasteiger partial charge is 0.458 e. The minimum atomic E-state index is -0.570. The number of para-hydroxylation sites is 4. The van der Waals surface area contributed by atoms with Crippen molar-refractivity contribution in [2.75, 3.05) is 0 Å². The third-order valence-corrected chi connectivity index (χ3v) is 13.4. The molecule has 0 aliphatic heterocycles. The van der Waals surface area contributed by atoms with Crippen LogP contribution in [0, 0.1) is 6.33 Å². The molecule has 332 valence electrons. The molecule has 0 radical (unpaired) electrons. The molecule has 3 heterocycles. The molecule has 71 heavy (non-hydrogen) atoms. The maximum atomic E-state index is 9.07. The number of fused-ring (bicyclic) bond motifs is 12. The van der Waals surface area contributed by atoms with E-state index < -0.39 is 60.4 Å². The average molecular weight is 917 g/mol. The van der Waals surface area contributed by atoms with Gasteiger partial charge in [0, 0.05) is 28.6 Å². The van der Waals surface area contributed by atoms with E-state index in [1.807, 2.05) is 79.0 Å². The molecule has 1 aliphatic carbocycles. The SMILES string of the molecule is [2H]c1c([2H])c([2H])c(-c2cccc(-c3c([2H])c([2H])c([2H])c([2H])c3[2H])c2-[n+]2[c-]n(-c3cccc(Oc4ccc5c6ccccc6n(-c6cc7c(cn6)-c6ccccc6-c6ccccc6-c6ccccc6-7)c5c4)c3)c3ccccc32)c([2H])c1[2H].